The molecule has 0 spiro atoms. The molecule has 0 saturated carbocycles. The standard InChI is InChI=1S/C21H24N4O4S/c1-16-5-2-3-6-20(16)30(28,29)23-19-8-7-17(15-18(19)21(26)27)25-13-11-24(12-14-25)10-4-9-22/h2-3,5-8,15,23H,4,10-14H2,1H3,(H,26,27). The van der Waals surface area contributed by atoms with E-state index in [1.165, 1.54) is 18.2 Å². The molecule has 9 heteroatoms. The van der Waals surface area contributed by atoms with Crippen molar-refractivity contribution in [3.05, 3.63) is 53.6 Å². The molecule has 1 fully saturated rings. The molecule has 2 N–H and O–H groups in total. The predicted octanol–water partition coefficient (Wildman–Crippen LogP) is 2.53. The van der Waals surface area contributed by atoms with Crippen molar-refractivity contribution in [1.29, 1.82) is 5.26 Å². The van der Waals surface area contributed by atoms with Gasteiger partial charge in [-0.3, -0.25) is 9.62 Å². The molecular formula is C21H24N4O4S. The maximum Gasteiger partial charge on any atom is 0.337 e. The number of nitriles is 1. The van der Waals surface area contributed by atoms with Crippen LogP contribution in [0, 0.1) is 18.3 Å². The van der Waals surface area contributed by atoms with Crippen molar-refractivity contribution >= 4 is 27.4 Å². The van der Waals surface area contributed by atoms with Crippen LogP contribution >= 0.6 is 0 Å². The molecule has 0 unspecified atom stereocenters. The summed E-state index contributed by atoms with van der Waals surface area (Å²) in [6.45, 7) is 5.39. The molecule has 2 aromatic rings. The summed E-state index contributed by atoms with van der Waals surface area (Å²) < 4.78 is 27.9. The normalized spacial score (nSPS) is 14.9. The Balaban J connectivity index is 1.81. The van der Waals surface area contributed by atoms with Crippen LogP contribution in [-0.2, 0) is 10.0 Å². The van der Waals surface area contributed by atoms with Gasteiger partial charge in [0.25, 0.3) is 10.0 Å². The molecule has 0 aromatic heterocycles. The fourth-order valence-electron chi connectivity index (χ4n) is 3.49. The lowest BCUT2D eigenvalue weighted by Gasteiger charge is -2.36. The van der Waals surface area contributed by atoms with Crippen LogP contribution in [0.15, 0.2) is 47.4 Å². The summed E-state index contributed by atoms with van der Waals surface area (Å²) in [4.78, 5) is 16.2. The highest BCUT2D eigenvalue weighted by Gasteiger charge is 2.22. The van der Waals surface area contributed by atoms with Crippen molar-refractivity contribution in [2.45, 2.75) is 18.2 Å². The number of nitrogens with one attached hydrogen (secondary N) is 1. The number of carbonyl (C=O) groups is 1. The summed E-state index contributed by atoms with van der Waals surface area (Å²) in [5.41, 5.74) is 1.23. The van der Waals surface area contributed by atoms with Crippen LogP contribution < -0.4 is 9.62 Å². The minimum absolute atomic E-state index is 0.0298. The van der Waals surface area contributed by atoms with Crippen LogP contribution in [0.5, 0.6) is 0 Å². The van der Waals surface area contributed by atoms with Gasteiger partial charge >= 0.3 is 5.97 Å². The van der Waals surface area contributed by atoms with Crippen molar-refractivity contribution in [1.82, 2.24) is 4.90 Å². The third kappa shape index (κ3) is 4.90. The van der Waals surface area contributed by atoms with Gasteiger partial charge in [0, 0.05) is 44.8 Å². The highest BCUT2D eigenvalue weighted by molar-refractivity contribution is 7.92. The highest BCUT2D eigenvalue weighted by atomic mass is 32.2. The summed E-state index contributed by atoms with van der Waals surface area (Å²) >= 11 is 0. The fraction of sp³-hybridized carbons (Fsp3) is 0.333. The third-order valence-electron chi connectivity index (χ3n) is 5.14. The number of hydrogen-bond donors (Lipinski definition) is 2. The Morgan fingerprint density at radius 2 is 1.87 bits per heavy atom. The van der Waals surface area contributed by atoms with E-state index in [2.05, 4.69) is 20.6 Å². The molecule has 0 amide bonds. The smallest absolute Gasteiger partial charge is 0.337 e. The van der Waals surface area contributed by atoms with E-state index in [0.29, 0.717) is 25.1 Å². The quantitative estimate of drug-likeness (QED) is 0.696. The Morgan fingerprint density at radius 3 is 2.50 bits per heavy atom. The van der Waals surface area contributed by atoms with E-state index >= 15 is 0 Å². The number of hydrogen-bond acceptors (Lipinski definition) is 6. The molecule has 1 aliphatic rings. The minimum Gasteiger partial charge on any atom is -0.478 e. The van der Waals surface area contributed by atoms with Crippen molar-refractivity contribution in [2.75, 3.05) is 42.3 Å². The van der Waals surface area contributed by atoms with Crippen molar-refractivity contribution in [3.8, 4) is 6.07 Å². The molecule has 158 valence electrons. The van der Waals surface area contributed by atoms with Crippen LogP contribution in [0.1, 0.15) is 22.3 Å². The van der Waals surface area contributed by atoms with Crippen LogP contribution in [0.25, 0.3) is 0 Å². The molecule has 30 heavy (non-hydrogen) atoms. The van der Waals surface area contributed by atoms with E-state index in [1.807, 2.05) is 0 Å². The number of aromatic carboxylic acids is 1. The topological polar surface area (TPSA) is 114 Å². The highest BCUT2D eigenvalue weighted by Crippen LogP contribution is 2.27. The zero-order valence-electron chi connectivity index (χ0n) is 16.7. The van der Waals surface area contributed by atoms with E-state index in [-0.39, 0.29) is 16.1 Å². The number of piperazine rings is 1. The average Bonchev–Trinajstić information content (AvgIpc) is 2.72. The number of anilines is 2. The second-order valence-electron chi connectivity index (χ2n) is 7.14. The Bertz CT molecular complexity index is 1070. The van der Waals surface area contributed by atoms with Gasteiger partial charge in [-0.1, -0.05) is 18.2 Å². The number of rotatable bonds is 7. The van der Waals surface area contributed by atoms with Gasteiger partial charge in [0.05, 0.1) is 22.2 Å². The summed E-state index contributed by atoms with van der Waals surface area (Å²) in [5, 5.41) is 18.4. The lowest BCUT2D eigenvalue weighted by molar-refractivity contribution is 0.0698. The first-order valence-corrected chi connectivity index (χ1v) is 11.1. The molecule has 3 rings (SSSR count). The van der Waals surface area contributed by atoms with Gasteiger partial charge in [0.2, 0.25) is 0 Å². The zero-order valence-corrected chi connectivity index (χ0v) is 17.5. The zero-order chi connectivity index (χ0) is 21.7. The molecule has 0 atom stereocenters. The Kier molecular flexibility index (Phi) is 6.59. The van der Waals surface area contributed by atoms with E-state index in [1.54, 1.807) is 31.2 Å². The first kappa shape index (κ1) is 21.6. The van der Waals surface area contributed by atoms with Crippen LogP contribution in [0.3, 0.4) is 0 Å². The third-order valence-corrected chi connectivity index (χ3v) is 6.66. The van der Waals surface area contributed by atoms with Gasteiger partial charge in [0.1, 0.15) is 0 Å². The largest absolute Gasteiger partial charge is 0.478 e. The molecule has 1 aliphatic heterocycles. The summed E-state index contributed by atoms with van der Waals surface area (Å²) in [5.74, 6) is -1.20. The SMILES string of the molecule is Cc1ccccc1S(=O)(=O)Nc1ccc(N2CCN(CCC#N)CC2)cc1C(=O)O. The molecule has 0 radical (unpaired) electrons. The number of sulfonamides is 1. The van der Waals surface area contributed by atoms with Crippen LogP contribution in [0.4, 0.5) is 11.4 Å². The van der Waals surface area contributed by atoms with Gasteiger partial charge in [-0.25, -0.2) is 13.2 Å². The van der Waals surface area contributed by atoms with Gasteiger partial charge in [-0.2, -0.15) is 5.26 Å². The first-order valence-electron chi connectivity index (χ1n) is 9.62. The van der Waals surface area contributed by atoms with E-state index < -0.39 is 16.0 Å². The van der Waals surface area contributed by atoms with Crippen molar-refractivity contribution in [2.24, 2.45) is 0 Å². The van der Waals surface area contributed by atoms with Crippen LogP contribution in [-0.4, -0.2) is 57.1 Å². The summed E-state index contributed by atoms with van der Waals surface area (Å²) in [7, 11) is -3.91. The molecular weight excluding hydrogens is 404 g/mol. The van der Waals surface area contributed by atoms with Crippen LogP contribution in [0.2, 0.25) is 0 Å². The number of aryl methyl sites for hydroxylation is 1. The molecule has 0 bridgehead atoms. The van der Waals surface area contributed by atoms with Gasteiger partial charge in [0.15, 0.2) is 0 Å². The van der Waals surface area contributed by atoms with E-state index in [4.69, 9.17) is 5.26 Å². The number of nitrogens with zero attached hydrogens (tertiary/aromatic N) is 3. The van der Waals surface area contributed by atoms with Gasteiger partial charge in [-0.15, -0.1) is 0 Å². The summed E-state index contributed by atoms with van der Waals surface area (Å²) in [6, 6.07) is 13.4. The molecule has 8 nitrogen and oxygen atoms in total. The lowest BCUT2D eigenvalue weighted by atomic mass is 10.1. The Hall–Kier alpha value is -3.09. The Morgan fingerprint density at radius 1 is 1.17 bits per heavy atom. The maximum atomic E-state index is 12.8. The second kappa shape index (κ2) is 9.15. The van der Waals surface area contributed by atoms with Crippen molar-refractivity contribution < 1.29 is 18.3 Å². The lowest BCUT2D eigenvalue weighted by Crippen LogP contribution is -2.46. The molecule has 0 aliphatic carbocycles. The number of benzene rings is 2. The molecule has 1 heterocycles. The van der Waals surface area contributed by atoms with Gasteiger partial charge in [-0.05, 0) is 36.8 Å². The number of carboxylic acids is 1. The Labute approximate surface area is 176 Å². The predicted molar refractivity (Wildman–Crippen MR) is 114 cm³/mol. The molecule has 2 aromatic carbocycles. The number of carboxylic acid groups (broad SMARTS) is 1. The second-order valence-corrected chi connectivity index (χ2v) is 8.79. The van der Waals surface area contributed by atoms with Crippen molar-refractivity contribution in [3.63, 3.8) is 0 Å². The first-order chi connectivity index (χ1) is 14.3. The van der Waals surface area contributed by atoms with E-state index in [9.17, 15) is 18.3 Å². The minimum atomic E-state index is -3.91. The van der Waals surface area contributed by atoms with Gasteiger partial charge < -0.3 is 10.0 Å². The summed E-state index contributed by atoms with van der Waals surface area (Å²) in [6.07, 6.45) is 0.485. The fourth-order valence-corrected chi connectivity index (χ4v) is 4.82. The monoisotopic (exact) mass is 428 g/mol. The average molecular weight is 429 g/mol. The van der Waals surface area contributed by atoms with E-state index in [0.717, 1.165) is 25.3 Å². The molecule has 1 saturated heterocycles. The maximum absolute atomic E-state index is 12.8.